The quantitative estimate of drug-likeness (QED) is 0.893. The largest absolute Gasteiger partial charge is 0.437 e. The van der Waals surface area contributed by atoms with E-state index in [1.165, 1.54) is 6.33 Å². The number of nitrogens with one attached hydrogen (secondary N) is 1. The smallest absolute Gasteiger partial charge is 0.277 e. The number of hydrogen-bond donors (Lipinski definition) is 2. The second-order valence-corrected chi connectivity index (χ2v) is 4.07. The first kappa shape index (κ1) is 12.4. The third-order valence-corrected chi connectivity index (χ3v) is 2.83. The molecule has 1 aromatic carbocycles. The van der Waals surface area contributed by atoms with Crippen LogP contribution < -0.4 is 16.0 Å². The summed E-state index contributed by atoms with van der Waals surface area (Å²) in [4.78, 5) is 17.5. The van der Waals surface area contributed by atoms with Crippen LogP contribution in [-0.2, 0) is 6.42 Å². The normalized spacial score (nSPS) is 10.3. The van der Waals surface area contributed by atoms with Gasteiger partial charge in [0.15, 0.2) is 5.69 Å². The van der Waals surface area contributed by atoms with E-state index in [2.05, 4.69) is 9.97 Å². The van der Waals surface area contributed by atoms with Crippen LogP contribution in [0.4, 0.5) is 5.69 Å². The van der Waals surface area contributed by atoms with E-state index < -0.39 is 5.56 Å². The van der Waals surface area contributed by atoms with Crippen LogP contribution >= 0.6 is 11.6 Å². The SMILES string of the molecule is CCc1cc(Oc2nc[nH]c(=O)c2N)ccc1Cl. The molecular formula is C12H12ClN3O2. The van der Waals surface area contributed by atoms with Crippen molar-refractivity contribution < 1.29 is 4.74 Å². The maximum absolute atomic E-state index is 11.3. The van der Waals surface area contributed by atoms with Crippen molar-refractivity contribution in [3.05, 3.63) is 45.5 Å². The molecule has 6 heteroatoms. The van der Waals surface area contributed by atoms with Gasteiger partial charge in [0.05, 0.1) is 6.33 Å². The number of H-pyrrole nitrogens is 1. The van der Waals surface area contributed by atoms with Crippen molar-refractivity contribution in [2.45, 2.75) is 13.3 Å². The molecule has 1 aromatic heterocycles. The summed E-state index contributed by atoms with van der Waals surface area (Å²) in [6.07, 6.45) is 2.03. The molecule has 0 aliphatic carbocycles. The van der Waals surface area contributed by atoms with Crippen LogP contribution in [0.2, 0.25) is 5.02 Å². The Morgan fingerprint density at radius 2 is 2.28 bits per heavy atom. The summed E-state index contributed by atoms with van der Waals surface area (Å²) >= 11 is 6.00. The number of hydrogen-bond acceptors (Lipinski definition) is 4. The fraction of sp³-hybridized carbons (Fsp3) is 0.167. The minimum Gasteiger partial charge on any atom is -0.437 e. The summed E-state index contributed by atoms with van der Waals surface area (Å²) in [5.41, 5.74) is 6.05. The molecule has 94 valence electrons. The molecule has 0 saturated heterocycles. The molecule has 0 aliphatic heterocycles. The summed E-state index contributed by atoms with van der Waals surface area (Å²) in [6.45, 7) is 1.99. The van der Waals surface area contributed by atoms with Gasteiger partial charge in [0.25, 0.3) is 5.56 Å². The summed E-state index contributed by atoms with van der Waals surface area (Å²) in [6, 6.07) is 5.23. The van der Waals surface area contributed by atoms with Crippen molar-refractivity contribution in [3.8, 4) is 11.6 Å². The molecule has 18 heavy (non-hydrogen) atoms. The highest BCUT2D eigenvalue weighted by molar-refractivity contribution is 6.31. The molecule has 0 spiro atoms. The topological polar surface area (TPSA) is 81.0 Å². The van der Waals surface area contributed by atoms with Crippen LogP contribution in [0.15, 0.2) is 29.3 Å². The Morgan fingerprint density at radius 1 is 1.50 bits per heavy atom. The van der Waals surface area contributed by atoms with E-state index in [-0.39, 0.29) is 11.6 Å². The van der Waals surface area contributed by atoms with Gasteiger partial charge in [0.1, 0.15) is 5.75 Å². The second-order valence-electron chi connectivity index (χ2n) is 3.66. The number of halogens is 1. The summed E-state index contributed by atoms with van der Waals surface area (Å²) in [5.74, 6) is 0.629. The number of anilines is 1. The molecule has 0 unspecified atom stereocenters. The molecule has 0 aliphatic rings. The van der Waals surface area contributed by atoms with Gasteiger partial charge in [-0.25, -0.2) is 4.98 Å². The Morgan fingerprint density at radius 3 is 3.00 bits per heavy atom. The fourth-order valence-corrected chi connectivity index (χ4v) is 1.72. The number of aryl methyl sites for hydroxylation is 1. The zero-order chi connectivity index (χ0) is 13.1. The van der Waals surface area contributed by atoms with Gasteiger partial charge in [0, 0.05) is 5.02 Å². The zero-order valence-corrected chi connectivity index (χ0v) is 10.5. The first-order chi connectivity index (χ1) is 8.61. The lowest BCUT2D eigenvalue weighted by atomic mass is 10.1. The highest BCUT2D eigenvalue weighted by Crippen LogP contribution is 2.26. The van der Waals surface area contributed by atoms with Crippen LogP contribution in [0, 0.1) is 0 Å². The van der Waals surface area contributed by atoms with E-state index in [1.54, 1.807) is 18.2 Å². The summed E-state index contributed by atoms with van der Waals surface area (Å²) < 4.78 is 5.47. The van der Waals surface area contributed by atoms with Crippen molar-refractivity contribution in [1.82, 2.24) is 9.97 Å². The van der Waals surface area contributed by atoms with Gasteiger partial charge in [0.2, 0.25) is 5.88 Å². The number of aromatic amines is 1. The molecule has 3 N–H and O–H groups in total. The Kier molecular flexibility index (Phi) is 3.53. The van der Waals surface area contributed by atoms with E-state index >= 15 is 0 Å². The van der Waals surface area contributed by atoms with Crippen LogP contribution in [0.25, 0.3) is 0 Å². The standard InChI is InChI=1S/C12H12ClN3O2/c1-2-7-5-8(3-4-9(7)13)18-12-10(14)11(17)15-6-16-12/h3-6H,2,14H2,1H3,(H,15,16,17). The van der Waals surface area contributed by atoms with E-state index in [0.717, 1.165) is 12.0 Å². The molecule has 0 atom stereocenters. The lowest BCUT2D eigenvalue weighted by Gasteiger charge is -2.08. The van der Waals surface area contributed by atoms with Crippen molar-refractivity contribution >= 4 is 17.3 Å². The molecule has 0 radical (unpaired) electrons. The predicted molar refractivity (Wildman–Crippen MR) is 70.2 cm³/mol. The maximum atomic E-state index is 11.3. The van der Waals surface area contributed by atoms with Crippen molar-refractivity contribution in [3.63, 3.8) is 0 Å². The summed E-state index contributed by atoms with van der Waals surface area (Å²) in [7, 11) is 0. The first-order valence-corrected chi connectivity index (χ1v) is 5.79. The zero-order valence-electron chi connectivity index (χ0n) is 9.74. The van der Waals surface area contributed by atoms with Gasteiger partial charge in [-0.2, -0.15) is 0 Å². The highest BCUT2D eigenvalue weighted by atomic mass is 35.5. The van der Waals surface area contributed by atoms with Crippen molar-refractivity contribution in [2.75, 3.05) is 5.73 Å². The lowest BCUT2D eigenvalue weighted by molar-refractivity contribution is 0.463. The van der Waals surface area contributed by atoms with Gasteiger partial charge in [-0.3, -0.25) is 4.79 Å². The first-order valence-electron chi connectivity index (χ1n) is 5.41. The van der Waals surface area contributed by atoms with Gasteiger partial charge in [-0.05, 0) is 30.2 Å². The third kappa shape index (κ3) is 2.46. The van der Waals surface area contributed by atoms with Crippen LogP contribution in [0.1, 0.15) is 12.5 Å². The molecule has 2 rings (SSSR count). The minimum absolute atomic E-state index is 0.0505. The van der Waals surface area contributed by atoms with Crippen molar-refractivity contribution in [2.24, 2.45) is 0 Å². The molecule has 0 saturated carbocycles. The number of aromatic nitrogens is 2. The second kappa shape index (κ2) is 5.10. The number of benzene rings is 1. The molecule has 5 nitrogen and oxygen atoms in total. The Labute approximate surface area is 109 Å². The minimum atomic E-state index is -0.426. The molecule has 0 fully saturated rings. The number of nitrogens with zero attached hydrogens (tertiary/aromatic N) is 1. The van der Waals surface area contributed by atoms with E-state index in [9.17, 15) is 4.79 Å². The number of rotatable bonds is 3. The highest BCUT2D eigenvalue weighted by Gasteiger charge is 2.08. The molecule has 1 heterocycles. The van der Waals surface area contributed by atoms with Gasteiger partial charge in [-0.1, -0.05) is 18.5 Å². The molecule has 2 aromatic rings. The Balaban J connectivity index is 2.34. The molecule has 0 bridgehead atoms. The maximum Gasteiger partial charge on any atom is 0.277 e. The van der Waals surface area contributed by atoms with E-state index in [1.807, 2.05) is 6.92 Å². The van der Waals surface area contributed by atoms with Crippen LogP contribution in [-0.4, -0.2) is 9.97 Å². The van der Waals surface area contributed by atoms with E-state index in [4.69, 9.17) is 22.1 Å². The monoisotopic (exact) mass is 265 g/mol. The fourth-order valence-electron chi connectivity index (χ4n) is 1.47. The van der Waals surface area contributed by atoms with Crippen LogP contribution in [0.5, 0.6) is 11.6 Å². The molecular weight excluding hydrogens is 254 g/mol. The number of nitrogens with two attached hydrogens (primary N) is 1. The van der Waals surface area contributed by atoms with Gasteiger partial charge < -0.3 is 15.5 Å². The lowest BCUT2D eigenvalue weighted by Crippen LogP contribution is -2.13. The summed E-state index contributed by atoms with van der Waals surface area (Å²) in [5, 5.41) is 0.677. The van der Waals surface area contributed by atoms with Crippen molar-refractivity contribution in [1.29, 1.82) is 0 Å². The Bertz CT molecular complexity index is 625. The number of ether oxygens (including phenoxy) is 1. The molecule has 0 amide bonds. The Hall–Kier alpha value is -2.01. The average Bonchev–Trinajstić information content (AvgIpc) is 2.37. The average molecular weight is 266 g/mol. The van der Waals surface area contributed by atoms with Gasteiger partial charge >= 0.3 is 0 Å². The van der Waals surface area contributed by atoms with E-state index in [0.29, 0.717) is 10.8 Å². The number of nitrogen functional groups attached to an aromatic ring is 1. The van der Waals surface area contributed by atoms with Crippen LogP contribution in [0.3, 0.4) is 0 Å². The predicted octanol–water partition coefficient (Wildman–Crippen LogP) is 2.36. The van der Waals surface area contributed by atoms with Gasteiger partial charge in [-0.15, -0.1) is 0 Å². The third-order valence-electron chi connectivity index (χ3n) is 2.47.